The lowest BCUT2D eigenvalue weighted by Gasteiger charge is -2.23. The normalized spacial score (nSPS) is 38.4. The Bertz CT molecular complexity index is 475. The number of nitrogens with zero attached hydrogens (tertiary/aromatic N) is 1. The van der Waals surface area contributed by atoms with Crippen LogP contribution in [0.1, 0.15) is 32.1 Å². The highest BCUT2D eigenvalue weighted by Gasteiger charge is 2.40. The second kappa shape index (κ2) is 5.46. The zero-order valence-corrected chi connectivity index (χ0v) is 12.3. The third-order valence-electron chi connectivity index (χ3n) is 5.51. The van der Waals surface area contributed by atoms with Gasteiger partial charge in [0.05, 0.1) is 0 Å². The highest BCUT2D eigenvalue weighted by Crippen LogP contribution is 2.37. The van der Waals surface area contributed by atoms with Gasteiger partial charge in [0, 0.05) is 24.7 Å². The van der Waals surface area contributed by atoms with E-state index in [4.69, 9.17) is 0 Å². The van der Waals surface area contributed by atoms with Crippen LogP contribution in [-0.4, -0.2) is 30.0 Å². The van der Waals surface area contributed by atoms with Crippen molar-refractivity contribution in [2.24, 2.45) is 17.8 Å². The Balaban J connectivity index is 1.37. The summed E-state index contributed by atoms with van der Waals surface area (Å²) >= 11 is 0. The number of amides is 1. The van der Waals surface area contributed by atoms with Crippen LogP contribution in [-0.2, 0) is 4.79 Å². The van der Waals surface area contributed by atoms with Gasteiger partial charge in [-0.15, -0.1) is 0 Å². The van der Waals surface area contributed by atoms with E-state index < -0.39 is 0 Å². The molecule has 0 radical (unpaired) electrons. The molecule has 4 aliphatic rings. The maximum absolute atomic E-state index is 12.6. The molecule has 114 valence electrons. The third kappa shape index (κ3) is 2.49. The average molecular weight is 288 g/mol. The lowest BCUT2D eigenvalue weighted by Crippen LogP contribution is -2.51. The van der Waals surface area contributed by atoms with Crippen molar-refractivity contribution in [3.05, 3.63) is 23.9 Å². The van der Waals surface area contributed by atoms with E-state index in [-0.39, 0.29) is 17.9 Å². The predicted molar refractivity (Wildman–Crippen MR) is 80.6 cm³/mol. The molecular weight excluding hydrogens is 264 g/mol. The molecule has 4 rings (SSSR count). The van der Waals surface area contributed by atoms with E-state index in [1.54, 1.807) is 0 Å². The van der Waals surface area contributed by atoms with Crippen LogP contribution >= 0.6 is 0 Å². The Morgan fingerprint density at radius 2 is 2.05 bits per heavy atom. The maximum Gasteiger partial charge on any atom is 0.253 e. The van der Waals surface area contributed by atoms with Gasteiger partial charge in [-0.3, -0.25) is 10.2 Å². The summed E-state index contributed by atoms with van der Waals surface area (Å²) in [6.07, 6.45) is 12.4. The Morgan fingerprint density at radius 3 is 2.86 bits per heavy atom. The largest absolute Gasteiger partial charge is 0.324 e. The summed E-state index contributed by atoms with van der Waals surface area (Å²) in [5, 5.41) is 2.15. The fourth-order valence-corrected chi connectivity index (χ4v) is 4.37. The maximum atomic E-state index is 12.6. The van der Waals surface area contributed by atoms with Crippen LogP contribution in [0.15, 0.2) is 23.9 Å². The average Bonchev–Trinajstić information content (AvgIpc) is 3.10. The van der Waals surface area contributed by atoms with E-state index in [0.29, 0.717) is 0 Å². The number of carbonyl (C=O) groups is 1. The van der Waals surface area contributed by atoms with Gasteiger partial charge in [0.25, 0.3) is 5.91 Å². The number of hydrogen-bond acceptors (Lipinski definition) is 4. The van der Waals surface area contributed by atoms with Crippen molar-refractivity contribution in [2.75, 3.05) is 13.1 Å². The fraction of sp³-hybridized carbons (Fsp3) is 0.688. The first-order chi connectivity index (χ1) is 10.3. The highest BCUT2D eigenvalue weighted by atomic mass is 16.2. The van der Waals surface area contributed by atoms with Gasteiger partial charge in [-0.2, -0.15) is 0 Å². The second-order valence-corrected chi connectivity index (χ2v) is 6.81. The summed E-state index contributed by atoms with van der Waals surface area (Å²) in [5.41, 5.74) is 10.6. The molecule has 1 amide bonds. The van der Waals surface area contributed by atoms with Crippen LogP contribution in [0.5, 0.6) is 0 Å². The van der Waals surface area contributed by atoms with Crippen molar-refractivity contribution in [3.8, 4) is 0 Å². The van der Waals surface area contributed by atoms with Crippen LogP contribution < -0.4 is 16.3 Å². The predicted octanol–water partition coefficient (Wildman–Crippen LogP) is 1.08. The Kier molecular flexibility index (Phi) is 3.47. The molecule has 0 spiro atoms. The first-order valence-electron chi connectivity index (χ1n) is 8.25. The van der Waals surface area contributed by atoms with Crippen molar-refractivity contribution in [2.45, 2.75) is 38.1 Å². The zero-order valence-electron chi connectivity index (χ0n) is 12.3. The van der Waals surface area contributed by atoms with Gasteiger partial charge in [-0.05, 0) is 43.6 Å². The molecular formula is C16H24N4O. The molecule has 0 aromatic carbocycles. The lowest BCUT2D eigenvalue weighted by atomic mass is 9.94. The van der Waals surface area contributed by atoms with Gasteiger partial charge in [0.1, 0.15) is 6.04 Å². The smallest absolute Gasteiger partial charge is 0.253 e. The van der Waals surface area contributed by atoms with E-state index in [2.05, 4.69) is 39.5 Å². The van der Waals surface area contributed by atoms with Gasteiger partial charge in [-0.25, -0.2) is 10.4 Å². The summed E-state index contributed by atoms with van der Waals surface area (Å²) in [4.78, 5) is 12.6. The number of hydrogen-bond donors (Lipinski definition) is 3. The monoisotopic (exact) mass is 288 g/mol. The fourth-order valence-electron chi connectivity index (χ4n) is 4.37. The molecule has 0 aromatic rings. The third-order valence-corrected chi connectivity index (χ3v) is 5.51. The summed E-state index contributed by atoms with van der Waals surface area (Å²) in [5.74, 6) is 1.98. The van der Waals surface area contributed by atoms with E-state index in [9.17, 15) is 4.79 Å². The van der Waals surface area contributed by atoms with Crippen molar-refractivity contribution < 1.29 is 4.79 Å². The van der Waals surface area contributed by atoms with Crippen LogP contribution in [0.4, 0.5) is 0 Å². The molecule has 4 atom stereocenters. The Morgan fingerprint density at radius 1 is 1.24 bits per heavy atom. The van der Waals surface area contributed by atoms with Crippen LogP contribution in [0, 0.1) is 17.8 Å². The molecule has 21 heavy (non-hydrogen) atoms. The number of allylic oxidation sites excluding steroid dienone is 3. The van der Waals surface area contributed by atoms with Crippen molar-refractivity contribution in [1.29, 1.82) is 0 Å². The number of nitrogens with one attached hydrogen (secondary N) is 3. The first-order valence-corrected chi connectivity index (χ1v) is 8.25. The SMILES string of the molecule is O=C(NN1CC2CCCC2C1)C1NNC2=CC=CCCC21. The van der Waals surface area contributed by atoms with Crippen LogP contribution in [0.3, 0.4) is 0 Å². The minimum absolute atomic E-state index is 0.109. The molecule has 2 saturated heterocycles. The highest BCUT2D eigenvalue weighted by molar-refractivity contribution is 5.82. The summed E-state index contributed by atoms with van der Waals surface area (Å²) < 4.78 is 0. The standard InChI is InChI=1S/C16H24N4O/c21-16(19-20-9-11-5-4-6-12(11)10-20)15-13-7-2-1-3-8-14(13)17-18-15/h1,3,8,11-13,15,17-18H,2,4-7,9-10H2,(H,19,21). The molecule has 5 nitrogen and oxygen atoms in total. The van der Waals surface area contributed by atoms with Gasteiger partial charge in [0.2, 0.25) is 0 Å². The zero-order chi connectivity index (χ0) is 14.2. The van der Waals surface area contributed by atoms with Crippen molar-refractivity contribution in [3.63, 3.8) is 0 Å². The minimum atomic E-state index is -0.156. The molecule has 4 unspecified atom stereocenters. The molecule has 3 N–H and O–H groups in total. The summed E-state index contributed by atoms with van der Waals surface area (Å²) in [7, 11) is 0. The van der Waals surface area contributed by atoms with Gasteiger partial charge in [0.15, 0.2) is 0 Å². The lowest BCUT2D eigenvalue weighted by molar-refractivity contribution is -0.128. The Labute approximate surface area is 125 Å². The van der Waals surface area contributed by atoms with Crippen molar-refractivity contribution >= 4 is 5.91 Å². The minimum Gasteiger partial charge on any atom is -0.324 e. The van der Waals surface area contributed by atoms with Gasteiger partial charge >= 0.3 is 0 Å². The van der Waals surface area contributed by atoms with Crippen molar-refractivity contribution in [1.82, 2.24) is 21.3 Å². The molecule has 2 heterocycles. The molecule has 0 aromatic heterocycles. The number of carbonyl (C=O) groups excluding carboxylic acids is 1. The topological polar surface area (TPSA) is 56.4 Å². The van der Waals surface area contributed by atoms with Gasteiger partial charge in [-0.1, -0.05) is 18.6 Å². The Hall–Kier alpha value is -1.33. The number of rotatable bonds is 2. The number of fused-ring (bicyclic) bond motifs is 2. The molecule has 2 aliphatic heterocycles. The number of hydrazine groups is 2. The molecule has 0 bridgehead atoms. The van der Waals surface area contributed by atoms with E-state index in [1.807, 2.05) is 0 Å². The molecule has 1 saturated carbocycles. The molecule has 3 fully saturated rings. The van der Waals surface area contributed by atoms with Crippen LogP contribution in [0.2, 0.25) is 0 Å². The summed E-state index contributed by atoms with van der Waals surface area (Å²) in [6.45, 7) is 2.07. The molecule has 5 heteroatoms. The van der Waals surface area contributed by atoms with E-state index in [0.717, 1.165) is 43.5 Å². The van der Waals surface area contributed by atoms with Gasteiger partial charge < -0.3 is 5.43 Å². The van der Waals surface area contributed by atoms with Crippen LogP contribution in [0.25, 0.3) is 0 Å². The quantitative estimate of drug-likeness (QED) is 0.711. The first kappa shape index (κ1) is 13.3. The van der Waals surface area contributed by atoms with E-state index in [1.165, 1.54) is 19.3 Å². The summed E-state index contributed by atoms with van der Waals surface area (Å²) in [6, 6.07) is -0.156. The van der Waals surface area contributed by atoms with E-state index >= 15 is 0 Å². The second-order valence-electron chi connectivity index (χ2n) is 6.81. The molecule has 2 aliphatic carbocycles.